The number of rotatable bonds is 9. The lowest BCUT2D eigenvalue weighted by Gasteiger charge is -2.44. The van der Waals surface area contributed by atoms with Gasteiger partial charge in [0.2, 0.25) is 0 Å². The fraction of sp³-hybridized carbons (Fsp3) is 0.556. The molecule has 0 radical (unpaired) electrons. The fourth-order valence-corrected chi connectivity index (χ4v) is 4.79. The Morgan fingerprint density at radius 2 is 1.79 bits per heavy atom. The van der Waals surface area contributed by atoms with Gasteiger partial charge in [-0.05, 0) is 54.5 Å². The molecule has 7 nitrogen and oxygen atoms in total. The van der Waals surface area contributed by atoms with E-state index < -0.39 is 6.10 Å². The van der Waals surface area contributed by atoms with Crippen LogP contribution in [0.25, 0.3) is 0 Å². The lowest BCUT2D eigenvalue weighted by molar-refractivity contribution is -0.948. The van der Waals surface area contributed by atoms with Crippen molar-refractivity contribution < 1.29 is 24.0 Å². The standard InChI is InChI=1S/C27H39N2O5/c1-20-12-14-29(15-13-20,17-21-6-8-22(9-7-21)28(31)32)18-23(30)19-34-26-11-10-24(33-5)16-25(26)27(2,3)4/h6-11,16,20,23,30H,12-15,17-19H2,1-5H3/q+1/t20?,23-,29?/m1/s1. The van der Waals surface area contributed by atoms with Gasteiger partial charge in [-0.1, -0.05) is 27.7 Å². The molecule has 1 fully saturated rings. The van der Waals surface area contributed by atoms with E-state index in [4.69, 9.17) is 9.47 Å². The number of benzene rings is 2. The molecule has 186 valence electrons. The number of hydrogen-bond donors (Lipinski definition) is 1. The summed E-state index contributed by atoms with van der Waals surface area (Å²) < 4.78 is 12.3. The Morgan fingerprint density at radius 3 is 2.35 bits per heavy atom. The molecule has 0 aromatic heterocycles. The zero-order chi connectivity index (χ0) is 24.9. The summed E-state index contributed by atoms with van der Waals surface area (Å²) in [4.78, 5) is 10.6. The largest absolute Gasteiger partial charge is 0.497 e. The van der Waals surface area contributed by atoms with Gasteiger partial charge in [-0.25, -0.2) is 0 Å². The highest BCUT2D eigenvalue weighted by atomic mass is 16.6. The molecule has 0 unspecified atom stereocenters. The van der Waals surface area contributed by atoms with Gasteiger partial charge in [0, 0.05) is 23.3 Å². The van der Waals surface area contributed by atoms with Gasteiger partial charge in [0.05, 0.1) is 25.1 Å². The number of aliphatic hydroxyl groups is 1. The van der Waals surface area contributed by atoms with Crippen LogP contribution < -0.4 is 9.47 Å². The van der Waals surface area contributed by atoms with E-state index in [2.05, 4.69) is 27.7 Å². The second-order valence-electron chi connectivity index (χ2n) is 10.8. The Labute approximate surface area is 203 Å². The molecule has 0 saturated carbocycles. The summed E-state index contributed by atoms with van der Waals surface area (Å²) in [7, 11) is 1.65. The third kappa shape index (κ3) is 6.70. The Morgan fingerprint density at radius 1 is 1.15 bits per heavy atom. The lowest BCUT2D eigenvalue weighted by Crippen LogP contribution is -2.56. The number of ether oxygens (including phenoxy) is 2. The molecular formula is C27H39N2O5+. The zero-order valence-corrected chi connectivity index (χ0v) is 21.1. The highest BCUT2D eigenvalue weighted by Gasteiger charge is 2.35. The van der Waals surface area contributed by atoms with Gasteiger partial charge in [0.1, 0.15) is 37.3 Å². The van der Waals surface area contributed by atoms with Crippen molar-refractivity contribution in [2.75, 3.05) is 33.4 Å². The second-order valence-corrected chi connectivity index (χ2v) is 10.8. The first-order valence-electron chi connectivity index (χ1n) is 12.1. The van der Waals surface area contributed by atoms with Crippen LogP contribution in [-0.2, 0) is 12.0 Å². The first-order chi connectivity index (χ1) is 16.0. The quantitative estimate of drug-likeness (QED) is 0.313. The highest BCUT2D eigenvalue weighted by Crippen LogP contribution is 2.34. The van der Waals surface area contributed by atoms with E-state index >= 15 is 0 Å². The molecule has 2 aromatic rings. The van der Waals surface area contributed by atoms with Crippen LogP contribution in [0.15, 0.2) is 42.5 Å². The average molecular weight is 472 g/mol. The SMILES string of the molecule is COc1ccc(OC[C@H](O)C[N+]2(Cc3ccc([N+](=O)[O-])cc3)CCC(C)CC2)c(C(C)(C)C)c1. The number of piperidine rings is 1. The van der Waals surface area contributed by atoms with Crippen molar-refractivity contribution in [1.82, 2.24) is 0 Å². The Hall–Kier alpha value is -2.64. The molecule has 2 aromatic carbocycles. The number of nitro groups is 1. The molecule has 7 heteroatoms. The van der Waals surface area contributed by atoms with Crippen LogP contribution in [0.2, 0.25) is 0 Å². The van der Waals surface area contributed by atoms with Crippen LogP contribution >= 0.6 is 0 Å². The fourth-order valence-electron chi connectivity index (χ4n) is 4.79. The smallest absolute Gasteiger partial charge is 0.269 e. The number of hydrogen-bond acceptors (Lipinski definition) is 5. The molecule has 1 heterocycles. The Balaban J connectivity index is 1.72. The van der Waals surface area contributed by atoms with Gasteiger partial charge >= 0.3 is 0 Å². The van der Waals surface area contributed by atoms with E-state index in [-0.39, 0.29) is 22.6 Å². The van der Waals surface area contributed by atoms with Crippen LogP contribution in [0.4, 0.5) is 5.69 Å². The highest BCUT2D eigenvalue weighted by molar-refractivity contribution is 5.44. The Kier molecular flexibility index (Phi) is 8.21. The molecule has 3 rings (SSSR count). The molecule has 34 heavy (non-hydrogen) atoms. The molecular weight excluding hydrogens is 432 g/mol. The maximum Gasteiger partial charge on any atom is 0.269 e. The van der Waals surface area contributed by atoms with E-state index in [9.17, 15) is 15.2 Å². The number of non-ortho nitro benzene ring substituents is 1. The molecule has 1 saturated heterocycles. The van der Waals surface area contributed by atoms with E-state index in [0.29, 0.717) is 12.5 Å². The molecule has 1 aliphatic heterocycles. The maximum absolute atomic E-state index is 11.0. The van der Waals surface area contributed by atoms with Crippen LogP contribution in [-0.4, -0.2) is 54.0 Å². The summed E-state index contributed by atoms with van der Waals surface area (Å²) >= 11 is 0. The number of aliphatic hydroxyl groups excluding tert-OH is 1. The summed E-state index contributed by atoms with van der Waals surface area (Å²) in [5.41, 5.74) is 2.07. The van der Waals surface area contributed by atoms with E-state index in [1.807, 2.05) is 30.3 Å². The first kappa shape index (κ1) is 26.0. The van der Waals surface area contributed by atoms with Crippen molar-refractivity contribution >= 4 is 5.69 Å². The van der Waals surface area contributed by atoms with Gasteiger partial charge in [0.15, 0.2) is 0 Å². The van der Waals surface area contributed by atoms with Gasteiger partial charge in [-0.2, -0.15) is 0 Å². The predicted molar refractivity (Wildman–Crippen MR) is 133 cm³/mol. The molecule has 0 amide bonds. The van der Waals surface area contributed by atoms with Gasteiger partial charge in [0.25, 0.3) is 5.69 Å². The van der Waals surface area contributed by atoms with E-state index in [0.717, 1.165) is 59.6 Å². The van der Waals surface area contributed by atoms with Crippen LogP contribution in [0.5, 0.6) is 11.5 Å². The summed E-state index contributed by atoms with van der Waals surface area (Å²) in [6, 6.07) is 12.6. The lowest BCUT2D eigenvalue weighted by atomic mass is 9.86. The molecule has 0 bridgehead atoms. The van der Waals surface area contributed by atoms with Crippen LogP contribution in [0.1, 0.15) is 51.7 Å². The number of quaternary nitrogens is 1. The van der Waals surface area contributed by atoms with Crippen LogP contribution in [0, 0.1) is 16.0 Å². The number of nitro benzene ring substituents is 1. The van der Waals surface area contributed by atoms with Gasteiger partial charge < -0.3 is 19.1 Å². The predicted octanol–water partition coefficient (Wildman–Crippen LogP) is 5.09. The normalized spacial score (nSPS) is 21.6. The second kappa shape index (κ2) is 10.7. The summed E-state index contributed by atoms with van der Waals surface area (Å²) in [6.07, 6.45) is 1.59. The zero-order valence-electron chi connectivity index (χ0n) is 21.1. The number of methoxy groups -OCH3 is 1. The van der Waals surface area contributed by atoms with Crippen molar-refractivity contribution in [3.8, 4) is 11.5 Å². The third-order valence-electron chi connectivity index (χ3n) is 6.88. The van der Waals surface area contributed by atoms with E-state index in [1.165, 1.54) is 0 Å². The minimum atomic E-state index is -0.624. The van der Waals surface area contributed by atoms with E-state index in [1.54, 1.807) is 19.2 Å². The van der Waals surface area contributed by atoms with Crippen molar-refractivity contribution in [3.05, 3.63) is 63.7 Å². The molecule has 1 N–H and O–H groups in total. The van der Waals surface area contributed by atoms with Crippen LogP contribution in [0.3, 0.4) is 0 Å². The summed E-state index contributed by atoms with van der Waals surface area (Å²) in [5.74, 6) is 2.22. The number of likely N-dealkylation sites (tertiary alicyclic amines) is 1. The van der Waals surface area contributed by atoms with Gasteiger partial charge in [-0.3, -0.25) is 10.1 Å². The van der Waals surface area contributed by atoms with Crippen molar-refractivity contribution in [2.24, 2.45) is 5.92 Å². The minimum Gasteiger partial charge on any atom is -0.497 e. The molecule has 1 aliphatic rings. The molecule has 1 atom stereocenters. The van der Waals surface area contributed by atoms with Crippen molar-refractivity contribution in [2.45, 2.75) is 58.6 Å². The topological polar surface area (TPSA) is 81.8 Å². The van der Waals surface area contributed by atoms with Gasteiger partial charge in [-0.15, -0.1) is 0 Å². The third-order valence-corrected chi connectivity index (χ3v) is 6.88. The molecule has 0 aliphatic carbocycles. The summed E-state index contributed by atoms with van der Waals surface area (Å²) in [5, 5.41) is 22.0. The summed E-state index contributed by atoms with van der Waals surface area (Å²) in [6.45, 7) is 12.2. The first-order valence-corrected chi connectivity index (χ1v) is 12.1. The van der Waals surface area contributed by atoms with Crippen molar-refractivity contribution in [3.63, 3.8) is 0 Å². The minimum absolute atomic E-state index is 0.102. The molecule has 0 spiro atoms. The maximum atomic E-state index is 11.0. The average Bonchev–Trinajstić information content (AvgIpc) is 2.79. The monoisotopic (exact) mass is 471 g/mol. The number of nitrogens with zero attached hydrogens (tertiary/aromatic N) is 2. The van der Waals surface area contributed by atoms with Crippen molar-refractivity contribution in [1.29, 1.82) is 0 Å². The Bertz CT molecular complexity index is 960.